The lowest BCUT2D eigenvalue weighted by atomic mass is 10.1. The van der Waals surface area contributed by atoms with Crippen molar-refractivity contribution in [2.75, 3.05) is 5.32 Å². The average molecular weight is 375 g/mol. The highest BCUT2D eigenvalue weighted by Gasteiger charge is 2.62. The Bertz CT molecular complexity index is 941. The summed E-state index contributed by atoms with van der Waals surface area (Å²) in [5, 5.41) is 13.9. The van der Waals surface area contributed by atoms with Gasteiger partial charge in [-0.3, -0.25) is 0 Å². The number of carbonyl (C=O) groups is 1. The normalized spacial score (nSPS) is 16.7. The number of carboxylic acid groups (broad SMARTS) is 1. The van der Waals surface area contributed by atoms with E-state index in [0.29, 0.717) is 0 Å². The summed E-state index contributed by atoms with van der Waals surface area (Å²) in [6, 6.07) is 9.05. The molecule has 1 heterocycles. The van der Waals surface area contributed by atoms with Crippen molar-refractivity contribution in [1.82, 2.24) is 0 Å². The standard InChI is InChI=1S/C14H8F3NO4S2/c15-14(16,17)24(21,22)23-10-6-2-1-5-9(10)18-12-8(13(19)20)4-3-7-11(12)23/h1-7,18H. The number of carbonyl (C=O) groups excluding carboxylic acids is 1. The molecule has 3 rings (SSSR count). The van der Waals surface area contributed by atoms with Gasteiger partial charge in [-0.05, 0) is 18.2 Å². The van der Waals surface area contributed by atoms with E-state index in [1.807, 2.05) is 0 Å². The number of carboxylic acids is 1. The fraction of sp³-hybridized carbons (Fsp3) is 0.0714. The van der Waals surface area contributed by atoms with Crippen LogP contribution in [-0.2, 0) is 18.8 Å². The van der Waals surface area contributed by atoms with E-state index >= 15 is 0 Å². The predicted molar refractivity (Wildman–Crippen MR) is 79.4 cm³/mol. The molecule has 1 aliphatic heterocycles. The van der Waals surface area contributed by atoms with E-state index in [0.717, 1.165) is 12.1 Å². The zero-order chi connectivity index (χ0) is 17.7. The second-order valence-corrected chi connectivity index (χ2v) is 9.86. The Kier molecular flexibility index (Phi) is 3.76. The van der Waals surface area contributed by atoms with Crippen molar-refractivity contribution in [1.29, 1.82) is 0 Å². The van der Waals surface area contributed by atoms with Crippen molar-refractivity contribution in [2.45, 2.75) is 15.3 Å². The lowest BCUT2D eigenvalue weighted by Crippen LogP contribution is -2.34. The Morgan fingerprint density at radius 2 is 1.67 bits per heavy atom. The van der Waals surface area contributed by atoms with Gasteiger partial charge in [-0.15, -0.1) is 0 Å². The van der Waals surface area contributed by atoms with E-state index in [4.69, 9.17) is 0 Å². The molecule has 0 amide bonds. The fourth-order valence-electron chi connectivity index (χ4n) is 2.30. The first kappa shape index (κ1) is 16.7. The predicted octanol–water partition coefficient (Wildman–Crippen LogP) is 1.99. The summed E-state index contributed by atoms with van der Waals surface area (Å²) < 4.78 is 63.6. The molecule has 0 aliphatic carbocycles. The van der Waals surface area contributed by atoms with Gasteiger partial charge in [0.25, 0.3) is 0 Å². The number of nitrogens with one attached hydrogen (secondary N) is 1. The number of hydrogen-bond donors (Lipinski definition) is 1. The van der Waals surface area contributed by atoms with E-state index < -0.39 is 35.8 Å². The second-order valence-electron chi connectivity index (χ2n) is 4.76. The third-order valence-corrected chi connectivity index (χ3v) is 8.76. The minimum absolute atomic E-state index is 0.0715. The number of aromatic carboxylic acids is 1. The Morgan fingerprint density at radius 3 is 2.29 bits per heavy atom. The second kappa shape index (κ2) is 5.42. The maximum Gasteiger partial charge on any atom is 0.544 e. The number of hydrogen-bond acceptors (Lipinski definition) is 5. The number of para-hydroxylation sites is 2. The van der Waals surface area contributed by atoms with E-state index in [9.17, 15) is 31.5 Å². The van der Waals surface area contributed by atoms with Crippen LogP contribution in [0.25, 0.3) is 0 Å². The monoisotopic (exact) mass is 375 g/mol. The van der Waals surface area contributed by atoms with Crippen molar-refractivity contribution in [3.8, 4) is 0 Å². The summed E-state index contributed by atoms with van der Waals surface area (Å²) in [7, 11) is -8.00. The summed E-state index contributed by atoms with van der Waals surface area (Å²) in [5.41, 5.74) is -5.98. The number of halogens is 3. The maximum atomic E-state index is 13.1. The van der Waals surface area contributed by atoms with E-state index in [2.05, 4.69) is 5.32 Å². The lowest BCUT2D eigenvalue weighted by Gasteiger charge is -2.23. The molecule has 0 fully saturated rings. The molecule has 0 saturated carbocycles. The molecule has 0 bridgehead atoms. The van der Waals surface area contributed by atoms with Crippen LogP contribution in [0, 0.1) is 0 Å². The summed E-state index contributed by atoms with van der Waals surface area (Å²) in [6.07, 6.45) is 0. The van der Waals surface area contributed by atoms with Crippen molar-refractivity contribution < 1.29 is 31.5 Å². The van der Waals surface area contributed by atoms with Crippen LogP contribution < -0.4 is 10.4 Å². The molecule has 0 saturated heterocycles. The molecule has 1 atom stereocenters. The van der Waals surface area contributed by atoms with Crippen LogP contribution in [0.2, 0.25) is 0 Å². The largest absolute Gasteiger partial charge is 0.545 e. The van der Waals surface area contributed by atoms with Crippen molar-refractivity contribution >= 4 is 36.1 Å². The van der Waals surface area contributed by atoms with Gasteiger partial charge in [-0.1, -0.05) is 24.3 Å². The Hall–Kier alpha value is -2.20. The van der Waals surface area contributed by atoms with Gasteiger partial charge in [0, 0.05) is 5.56 Å². The fourth-order valence-corrected chi connectivity index (χ4v) is 7.11. The van der Waals surface area contributed by atoms with Crippen LogP contribution in [0.15, 0.2) is 52.3 Å². The zero-order valence-electron chi connectivity index (χ0n) is 11.6. The molecule has 2 aromatic carbocycles. The molecule has 1 unspecified atom stereocenters. The number of fused-ring (bicyclic) bond motifs is 2. The van der Waals surface area contributed by atoms with Crippen LogP contribution in [0.5, 0.6) is 0 Å². The van der Waals surface area contributed by atoms with Gasteiger partial charge in [-0.2, -0.15) is 21.6 Å². The van der Waals surface area contributed by atoms with Gasteiger partial charge in [-0.25, -0.2) is 0 Å². The highest BCUT2D eigenvalue weighted by Crippen LogP contribution is 2.48. The number of alkyl halides is 3. The minimum Gasteiger partial charge on any atom is -0.545 e. The van der Waals surface area contributed by atoms with Crippen LogP contribution in [-0.4, -0.2) is 19.9 Å². The molecule has 126 valence electrons. The van der Waals surface area contributed by atoms with Crippen LogP contribution in [0.1, 0.15) is 10.4 Å². The summed E-state index contributed by atoms with van der Waals surface area (Å²) in [5.74, 6) is -1.62. The lowest BCUT2D eigenvalue weighted by molar-refractivity contribution is -0.254. The van der Waals surface area contributed by atoms with Gasteiger partial charge in [0.05, 0.1) is 11.7 Å². The van der Waals surface area contributed by atoms with Crippen molar-refractivity contribution in [2.24, 2.45) is 0 Å². The quantitative estimate of drug-likeness (QED) is 0.641. The molecule has 1 aliphatic rings. The molecular formula is C14H8F3NO4S2. The topological polar surface area (TPSA) is 86.3 Å². The van der Waals surface area contributed by atoms with Gasteiger partial charge >= 0.3 is 14.4 Å². The van der Waals surface area contributed by atoms with Gasteiger partial charge in [0.1, 0.15) is 5.69 Å². The SMILES string of the molecule is O=C([O-])c1cccc2c1Nc1ccccc1[S+]2S(=O)(=O)C(F)(F)F. The highest BCUT2D eigenvalue weighted by molar-refractivity contribution is 8.69. The van der Waals surface area contributed by atoms with Gasteiger partial charge < -0.3 is 15.2 Å². The van der Waals surface area contributed by atoms with Crippen molar-refractivity contribution in [3.63, 3.8) is 0 Å². The number of rotatable bonds is 2. The smallest absolute Gasteiger partial charge is 0.544 e. The Balaban J connectivity index is 2.36. The third kappa shape index (κ3) is 2.42. The molecule has 2 aromatic rings. The third-order valence-electron chi connectivity index (χ3n) is 3.30. The first-order chi connectivity index (χ1) is 11.1. The summed E-state index contributed by atoms with van der Waals surface area (Å²) in [4.78, 5) is 10.9. The Morgan fingerprint density at radius 1 is 1.04 bits per heavy atom. The van der Waals surface area contributed by atoms with Gasteiger partial charge in [0.15, 0.2) is 9.93 Å². The summed E-state index contributed by atoms with van der Waals surface area (Å²) in [6.45, 7) is 0. The van der Waals surface area contributed by atoms with Crippen LogP contribution >= 0.6 is 0 Å². The number of benzene rings is 2. The minimum atomic E-state index is -5.59. The van der Waals surface area contributed by atoms with Crippen LogP contribution in [0.4, 0.5) is 24.5 Å². The molecule has 0 spiro atoms. The molecule has 10 heteroatoms. The first-order valence-electron chi connectivity index (χ1n) is 6.41. The molecule has 5 nitrogen and oxygen atoms in total. The molecular weight excluding hydrogens is 367 g/mol. The molecule has 0 radical (unpaired) electrons. The molecule has 24 heavy (non-hydrogen) atoms. The highest BCUT2D eigenvalue weighted by atomic mass is 33.2. The average Bonchev–Trinajstić information content (AvgIpc) is 2.50. The first-order valence-corrected chi connectivity index (χ1v) is 9.63. The zero-order valence-corrected chi connectivity index (χ0v) is 13.3. The maximum absolute atomic E-state index is 13.1. The van der Waals surface area contributed by atoms with E-state index in [1.165, 1.54) is 30.3 Å². The van der Waals surface area contributed by atoms with E-state index in [1.54, 1.807) is 0 Å². The summed E-state index contributed by atoms with van der Waals surface area (Å²) >= 11 is 0. The van der Waals surface area contributed by atoms with Crippen LogP contribution in [0.3, 0.4) is 0 Å². The van der Waals surface area contributed by atoms with Crippen molar-refractivity contribution in [3.05, 3.63) is 48.0 Å². The molecule has 0 aromatic heterocycles. The Labute approximate surface area is 136 Å². The van der Waals surface area contributed by atoms with E-state index in [-0.39, 0.29) is 21.2 Å². The van der Waals surface area contributed by atoms with Gasteiger partial charge in [0.2, 0.25) is 9.79 Å². The number of anilines is 2. The molecule has 1 N–H and O–H groups in total.